The molecule has 1 saturated heterocycles. The van der Waals surface area contributed by atoms with Crippen LogP contribution in [0.4, 0.5) is 26.1 Å². The van der Waals surface area contributed by atoms with Crippen molar-refractivity contribution in [1.29, 1.82) is 0 Å². The van der Waals surface area contributed by atoms with Crippen molar-refractivity contribution in [3.63, 3.8) is 0 Å². The number of alkyl halides is 2. The number of halogens is 2. The first-order valence-electron chi connectivity index (χ1n) is 11.8. The van der Waals surface area contributed by atoms with E-state index in [1.807, 2.05) is 25.3 Å². The Labute approximate surface area is 208 Å². The molecule has 190 valence electrons. The molecule has 0 bridgehead atoms. The first-order valence-corrected chi connectivity index (χ1v) is 11.8. The van der Waals surface area contributed by atoms with Crippen LogP contribution < -0.4 is 10.6 Å². The third-order valence-electron chi connectivity index (χ3n) is 5.62. The number of carbonyl (C=O) groups is 1. The van der Waals surface area contributed by atoms with Crippen molar-refractivity contribution in [2.75, 3.05) is 36.9 Å². The van der Waals surface area contributed by atoms with Gasteiger partial charge in [0.1, 0.15) is 11.6 Å². The van der Waals surface area contributed by atoms with E-state index < -0.39 is 11.7 Å². The van der Waals surface area contributed by atoms with Gasteiger partial charge >= 0.3 is 5.92 Å². The summed E-state index contributed by atoms with van der Waals surface area (Å²) in [7, 11) is 0. The smallest absolute Gasteiger partial charge is 0.303 e. The van der Waals surface area contributed by atoms with Crippen molar-refractivity contribution >= 4 is 23.2 Å². The summed E-state index contributed by atoms with van der Waals surface area (Å²) in [6, 6.07) is 7.13. The molecule has 1 aliphatic rings. The first-order chi connectivity index (χ1) is 17.2. The fourth-order valence-electron chi connectivity index (χ4n) is 3.78. The van der Waals surface area contributed by atoms with E-state index in [0.717, 1.165) is 45.3 Å². The number of nitrogens with zero attached hydrogens (tertiary/aromatic N) is 5. The maximum Gasteiger partial charge on any atom is 0.303 e. The summed E-state index contributed by atoms with van der Waals surface area (Å²) in [5, 5.41) is 5.76. The molecule has 0 aliphatic carbocycles. The molecule has 0 radical (unpaired) electrons. The highest BCUT2D eigenvalue weighted by Crippen LogP contribution is 2.32. The number of hydrogen-bond acceptors (Lipinski definition) is 8. The SMILES string of the molecule is CCc1cc(Nc2cc(NC(C)=O)ncc2-c2ccc(CN3CCOCC3)cn2)nc(C(C)(F)F)n1. The Morgan fingerprint density at radius 1 is 1.11 bits per heavy atom. The highest BCUT2D eigenvalue weighted by molar-refractivity contribution is 5.89. The van der Waals surface area contributed by atoms with Crippen molar-refractivity contribution < 1.29 is 18.3 Å². The van der Waals surface area contributed by atoms with Crippen LogP contribution >= 0.6 is 0 Å². The number of amides is 1. The van der Waals surface area contributed by atoms with Gasteiger partial charge in [0.2, 0.25) is 11.7 Å². The van der Waals surface area contributed by atoms with Gasteiger partial charge in [0, 0.05) is 69.3 Å². The summed E-state index contributed by atoms with van der Waals surface area (Å²) >= 11 is 0. The second-order valence-corrected chi connectivity index (χ2v) is 8.67. The molecule has 1 amide bonds. The molecule has 0 saturated carbocycles. The Kier molecular flexibility index (Phi) is 7.80. The first kappa shape index (κ1) is 25.5. The largest absolute Gasteiger partial charge is 0.379 e. The number of aryl methyl sites for hydroxylation is 1. The van der Waals surface area contributed by atoms with Crippen LogP contribution in [0.1, 0.15) is 37.9 Å². The molecular weight excluding hydrogens is 468 g/mol. The number of aromatic nitrogens is 4. The second kappa shape index (κ2) is 11.0. The number of morpholine rings is 1. The molecule has 36 heavy (non-hydrogen) atoms. The molecule has 1 fully saturated rings. The molecule has 4 heterocycles. The number of rotatable bonds is 8. The van der Waals surface area contributed by atoms with Gasteiger partial charge in [-0.3, -0.25) is 14.7 Å². The Balaban J connectivity index is 1.66. The molecule has 0 aromatic carbocycles. The normalized spacial score (nSPS) is 14.5. The lowest BCUT2D eigenvalue weighted by Crippen LogP contribution is -2.35. The topological polar surface area (TPSA) is 105 Å². The monoisotopic (exact) mass is 497 g/mol. The molecule has 0 spiro atoms. The van der Waals surface area contributed by atoms with Crippen molar-refractivity contribution in [1.82, 2.24) is 24.8 Å². The van der Waals surface area contributed by atoms with Crippen molar-refractivity contribution in [2.24, 2.45) is 0 Å². The van der Waals surface area contributed by atoms with E-state index in [-0.39, 0.29) is 11.7 Å². The van der Waals surface area contributed by atoms with Crippen LogP contribution in [0.2, 0.25) is 0 Å². The molecule has 3 aromatic rings. The Hall–Kier alpha value is -3.57. The molecular formula is C25H29F2N7O2. The predicted molar refractivity (Wildman–Crippen MR) is 132 cm³/mol. The average Bonchev–Trinajstić information content (AvgIpc) is 2.84. The summed E-state index contributed by atoms with van der Waals surface area (Å²) in [5.41, 5.74) is 3.32. The van der Waals surface area contributed by atoms with Gasteiger partial charge in [0.25, 0.3) is 0 Å². The standard InChI is InChI=1S/C25H29F2N7O2/c1-4-18-11-23(33-24(31-18)25(3,26)27)32-21-12-22(30-16(2)35)29-14-19(21)20-6-5-17(13-28-20)15-34-7-9-36-10-8-34/h5-6,11-14H,4,7-10,15H2,1-3H3,(H2,29,30,31,32,33,35). The highest BCUT2D eigenvalue weighted by atomic mass is 19.3. The number of ether oxygens (including phenoxy) is 1. The summed E-state index contributed by atoms with van der Waals surface area (Å²) in [4.78, 5) is 30.8. The lowest BCUT2D eigenvalue weighted by Gasteiger charge is -2.26. The Morgan fingerprint density at radius 3 is 2.53 bits per heavy atom. The van der Waals surface area contributed by atoms with Gasteiger partial charge in [-0.1, -0.05) is 13.0 Å². The third kappa shape index (κ3) is 6.55. The van der Waals surface area contributed by atoms with Gasteiger partial charge in [-0.05, 0) is 18.1 Å². The molecule has 2 N–H and O–H groups in total. The minimum absolute atomic E-state index is 0.212. The maximum atomic E-state index is 14.0. The maximum absolute atomic E-state index is 14.0. The number of pyridine rings is 2. The van der Waals surface area contributed by atoms with Crippen molar-refractivity contribution in [3.05, 3.63) is 53.7 Å². The Morgan fingerprint density at radius 2 is 1.89 bits per heavy atom. The van der Waals surface area contributed by atoms with Crippen LogP contribution in [-0.4, -0.2) is 57.0 Å². The molecule has 4 rings (SSSR count). The molecule has 9 nitrogen and oxygen atoms in total. The van der Waals surface area contributed by atoms with E-state index in [4.69, 9.17) is 4.74 Å². The van der Waals surface area contributed by atoms with Gasteiger partial charge < -0.3 is 15.4 Å². The van der Waals surface area contributed by atoms with Crippen LogP contribution in [0.25, 0.3) is 11.3 Å². The van der Waals surface area contributed by atoms with E-state index >= 15 is 0 Å². The van der Waals surface area contributed by atoms with E-state index in [1.165, 1.54) is 6.92 Å². The molecule has 0 atom stereocenters. The minimum atomic E-state index is -3.19. The van der Waals surface area contributed by atoms with E-state index in [1.54, 1.807) is 18.3 Å². The molecule has 11 heteroatoms. The summed E-state index contributed by atoms with van der Waals surface area (Å²) in [6.07, 6.45) is 3.85. The van der Waals surface area contributed by atoms with Crippen molar-refractivity contribution in [3.8, 4) is 11.3 Å². The molecule has 0 unspecified atom stereocenters. The fraction of sp³-hybridized carbons (Fsp3) is 0.400. The zero-order valence-corrected chi connectivity index (χ0v) is 20.5. The highest BCUT2D eigenvalue weighted by Gasteiger charge is 2.29. The Bertz CT molecular complexity index is 1210. The quantitative estimate of drug-likeness (QED) is 0.479. The van der Waals surface area contributed by atoms with Gasteiger partial charge in [0.15, 0.2) is 0 Å². The number of hydrogen-bond donors (Lipinski definition) is 2. The number of nitrogens with one attached hydrogen (secondary N) is 2. The van der Waals surface area contributed by atoms with Gasteiger partial charge in [0.05, 0.1) is 24.6 Å². The molecule has 1 aliphatic heterocycles. The van der Waals surface area contributed by atoms with Gasteiger partial charge in [-0.2, -0.15) is 8.78 Å². The van der Waals surface area contributed by atoms with E-state index in [0.29, 0.717) is 34.9 Å². The van der Waals surface area contributed by atoms with Crippen molar-refractivity contribution in [2.45, 2.75) is 39.7 Å². The minimum Gasteiger partial charge on any atom is -0.379 e. The lowest BCUT2D eigenvalue weighted by atomic mass is 10.1. The summed E-state index contributed by atoms with van der Waals surface area (Å²) in [6.45, 7) is 7.95. The van der Waals surface area contributed by atoms with Crippen LogP contribution in [0.5, 0.6) is 0 Å². The third-order valence-corrected chi connectivity index (χ3v) is 5.62. The van der Waals surface area contributed by atoms with Gasteiger partial charge in [-0.15, -0.1) is 0 Å². The second-order valence-electron chi connectivity index (χ2n) is 8.67. The van der Waals surface area contributed by atoms with E-state index in [2.05, 4.69) is 35.5 Å². The zero-order chi connectivity index (χ0) is 25.7. The predicted octanol–water partition coefficient (Wildman–Crippen LogP) is 4.14. The fourth-order valence-corrected chi connectivity index (χ4v) is 3.78. The van der Waals surface area contributed by atoms with Crippen LogP contribution in [0.3, 0.4) is 0 Å². The van der Waals surface area contributed by atoms with Crippen LogP contribution in [-0.2, 0) is 28.4 Å². The average molecular weight is 498 g/mol. The van der Waals surface area contributed by atoms with Crippen LogP contribution in [0.15, 0.2) is 36.7 Å². The lowest BCUT2D eigenvalue weighted by molar-refractivity contribution is -0.114. The molecule has 3 aromatic heterocycles. The number of carbonyl (C=O) groups excluding carboxylic acids is 1. The van der Waals surface area contributed by atoms with E-state index in [9.17, 15) is 13.6 Å². The number of anilines is 3. The zero-order valence-electron chi connectivity index (χ0n) is 20.5. The van der Waals surface area contributed by atoms with Crippen LogP contribution in [0, 0.1) is 0 Å². The summed E-state index contributed by atoms with van der Waals surface area (Å²) in [5.74, 6) is -3.52. The summed E-state index contributed by atoms with van der Waals surface area (Å²) < 4.78 is 33.4. The van der Waals surface area contributed by atoms with Gasteiger partial charge in [-0.25, -0.2) is 15.0 Å².